The normalized spacial score (nSPS) is 9.95. The van der Waals surface area contributed by atoms with Crippen molar-refractivity contribution in [3.05, 3.63) is 36.9 Å². The van der Waals surface area contributed by atoms with Gasteiger partial charge >= 0.3 is 0 Å². The van der Waals surface area contributed by atoms with E-state index in [9.17, 15) is 4.79 Å². The zero-order valence-electron chi connectivity index (χ0n) is 11.4. The first-order chi connectivity index (χ1) is 9.26. The highest BCUT2D eigenvalue weighted by molar-refractivity contribution is 5.92. The predicted molar refractivity (Wildman–Crippen MR) is 78.5 cm³/mol. The molecule has 0 saturated heterocycles. The van der Waals surface area contributed by atoms with E-state index >= 15 is 0 Å². The maximum absolute atomic E-state index is 11.7. The molecular weight excluding hydrogens is 240 g/mol. The minimum absolute atomic E-state index is 0.0445. The molecule has 0 aliphatic heterocycles. The predicted octanol–water partition coefficient (Wildman–Crippen LogP) is 2.58. The van der Waals surface area contributed by atoms with Crippen molar-refractivity contribution in [1.82, 2.24) is 5.32 Å². The average Bonchev–Trinajstić information content (AvgIpc) is 2.42. The van der Waals surface area contributed by atoms with Crippen molar-refractivity contribution in [2.45, 2.75) is 19.8 Å². The first kappa shape index (κ1) is 15.2. The van der Waals surface area contributed by atoms with Gasteiger partial charge in [0, 0.05) is 11.8 Å². The molecule has 0 unspecified atom stereocenters. The Morgan fingerprint density at radius 2 is 2.32 bits per heavy atom. The van der Waals surface area contributed by atoms with Crippen molar-refractivity contribution >= 4 is 11.6 Å². The molecule has 1 aromatic rings. The van der Waals surface area contributed by atoms with Crippen LogP contribution in [0.15, 0.2) is 36.9 Å². The van der Waals surface area contributed by atoms with Crippen LogP contribution in [-0.2, 0) is 4.79 Å². The van der Waals surface area contributed by atoms with Crippen LogP contribution >= 0.6 is 0 Å². The van der Waals surface area contributed by atoms with Crippen LogP contribution < -0.4 is 15.4 Å². The maximum Gasteiger partial charge on any atom is 0.238 e. The van der Waals surface area contributed by atoms with Crippen molar-refractivity contribution in [2.24, 2.45) is 0 Å². The van der Waals surface area contributed by atoms with Crippen LogP contribution in [0.2, 0.25) is 0 Å². The van der Waals surface area contributed by atoms with Crippen LogP contribution in [-0.4, -0.2) is 25.6 Å². The fourth-order valence-corrected chi connectivity index (χ4v) is 1.53. The Hall–Kier alpha value is -1.81. The molecule has 1 amide bonds. The maximum atomic E-state index is 11.7. The van der Waals surface area contributed by atoms with Crippen LogP contribution in [0, 0.1) is 0 Å². The second kappa shape index (κ2) is 9.16. The molecule has 0 aliphatic rings. The topological polar surface area (TPSA) is 50.4 Å². The van der Waals surface area contributed by atoms with Gasteiger partial charge in [-0.2, -0.15) is 0 Å². The quantitative estimate of drug-likeness (QED) is 0.531. The van der Waals surface area contributed by atoms with Crippen molar-refractivity contribution in [1.29, 1.82) is 0 Å². The molecular formula is C15H22N2O2. The number of benzene rings is 1. The highest BCUT2D eigenvalue weighted by Crippen LogP contribution is 2.17. The van der Waals surface area contributed by atoms with Gasteiger partial charge in [-0.1, -0.05) is 32.1 Å². The highest BCUT2D eigenvalue weighted by atomic mass is 16.5. The SMILES string of the molecule is C=CCOc1cccc(NC(=O)CNCCCC)c1. The lowest BCUT2D eigenvalue weighted by Crippen LogP contribution is -2.28. The van der Waals surface area contributed by atoms with Crippen molar-refractivity contribution in [3.8, 4) is 5.75 Å². The average molecular weight is 262 g/mol. The molecule has 4 heteroatoms. The molecule has 2 N–H and O–H groups in total. The summed E-state index contributed by atoms with van der Waals surface area (Å²) < 4.78 is 5.41. The Kier molecular flexibility index (Phi) is 7.35. The zero-order chi connectivity index (χ0) is 13.9. The lowest BCUT2D eigenvalue weighted by molar-refractivity contribution is -0.115. The van der Waals surface area contributed by atoms with Gasteiger partial charge in [0.25, 0.3) is 0 Å². The van der Waals surface area contributed by atoms with E-state index in [0.717, 1.165) is 30.8 Å². The molecule has 0 aliphatic carbocycles. The standard InChI is InChI=1S/C15H22N2O2/c1-3-5-9-16-12-15(18)17-13-7-6-8-14(11-13)19-10-4-2/h4,6-8,11,16H,2-3,5,9-10,12H2,1H3,(H,17,18). The fraction of sp³-hybridized carbons (Fsp3) is 0.400. The van der Waals surface area contributed by atoms with E-state index in [4.69, 9.17) is 4.74 Å². The summed E-state index contributed by atoms with van der Waals surface area (Å²) in [7, 11) is 0. The van der Waals surface area contributed by atoms with Crippen LogP contribution in [0.1, 0.15) is 19.8 Å². The van der Waals surface area contributed by atoms with E-state index in [0.29, 0.717) is 13.2 Å². The van der Waals surface area contributed by atoms with Gasteiger partial charge in [-0.3, -0.25) is 4.79 Å². The number of hydrogen-bond donors (Lipinski definition) is 2. The number of carbonyl (C=O) groups excluding carboxylic acids is 1. The third-order valence-corrected chi connectivity index (χ3v) is 2.48. The molecule has 1 aromatic carbocycles. The van der Waals surface area contributed by atoms with E-state index < -0.39 is 0 Å². The van der Waals surface area contributed by atoms with E-state index in [-0.39, 0.29) is 5.91 Å². The molecule has 0 bridgehead atoms. The Balaban J connectivity index is 2.38. The van der Waals surface area contributed by atoms with Crippen LogP contribution in [0.4, 0.5) is 5.69 Å². The molecule has 104 valence electrons. The van der Waals surface area contributed by atoms with Gasteiger partial charge < -0.3 is 15.4 Å². The summed E-state index contributed by atoms with van der Waals surface area (Å²) in [5.74, 6) is 0.675. The van der Waals surface area contributed by atoms with Crippen LogP contribution in [0.5, 0.6) is 5.75 Å². The monoisotopic (exact) mass is 262 g/mol. The smallest absolute Gasteiger partial charge is 0.238 e. The van der Waals surface area contributed by atoms with Crippen molar-refractivity contribution in [2.75, 3.05) is 25.0 Å². The molecule has 0 fully saturated rings. The minimum atomic E-state index is -0.0445. The summed E-state index contributed by atoms with van der Waals surface area (Å²) in [6.07, 6.45) is 3.89. The number of rotatable bonds is 9. The van der Waals surface area contributed by atoms with Crippen molar-refractivity contribution < 1.29 is 9.53 Å². The van der Waals surface area contributed by atoms with Crippen molar-refractivity contribution in [3.63, 3.8) is 0 Å². The van der Waals surface area contributed by atoms with Crippen LogP contribution in [0.25, 0.3) is 0 Å². The van der Waals surface area contributed by atoms with E-state index in [1.54, 1.807) is 12.1 Å². The van der Waals surface area contributed by atoms with E-state index in [1.165, 1.54) is 0 Å². The fourth-order valence-electron chi connectivity index (χ4n) is 1.53. The molecule has 19 heavy (non-hydrogen) atoms. The Labute approximate surface area is 114 Å². The number of carbonyl (C=O) groups is 1. The first-order valence-electron chi connectivity index (χ1n) is 6.60. The molecule has 0 radical (unpaired) electrons. The molecule has 0 spiro atoms. The van der Waals surface area contributed by atoms with Crippen LogP contribution in [0.3, 0.4) is 0 Å². The lowest BCUT2D eigenvalue weighted by atomic mass is 10.3. The molecule has 1 rings (SSSR count). The van der Waals surface area contributed by atoms with Gasteiger partial charge in [-0.05, 0) is 25.1 Å². The Morgan fingerprint density at radius 3 is 3.05 bits per heavy atom. The van der Waals surface area contributed by atoms with Gasteiger partial charge in [0.15, 0.2) is 0 Å². The summed E-state index contributed by atoms with van der Waals surface area (Å²) >= 11 is 0. The van der Waals surface area contributed by atoms with Gasteiger partial charge in [0.1, 0.15) is 12.4 Å². The van der Waals surface area contributed by atoms with Gasteiger partial charge in [-0.25, -0.2) is 0 Å². The van der Waals surface area contributed by atoms with Gasteiger partial charge in [0.2, 0.25) is 5.91 Å². The summed E-state index contributed by atoms with van der Waals surface area (Å²) in [5, 5.41) is 5.93. The zero-order valence-corrected chi connectivity index (χ0v) is 11.4. The number of ether oxygens (including phenoxy) is 1. The number of amides is 1. The number of unbranched alkanes of at least 4 members (excludes halogenated alkanes) is 1. The summed E-state index contributed by atoms with van der Waals surface area (Å²) in [6, 6.07) is 7.33. The second-order valence-electron chi connectivity index (χ2n) is 4.21. The van der Waals surface area contributed by atoms with Gasteiger partial charge in [0.05, 0.1) is 6.54 Å². The highest BCUT2D eigenvalue weighted by Gasteiger charge is 2.02. The van der Waals surface area contributed by atoms with E-state index in [1.807, 2.05) is 18.2 Å². The summed E-state index contributed by atoms with van der Waals surface area (Å²) in [4.78, 5) is 11.7. The first-order valence-corrected chi connectivity index (χ1v) is 6.60. The largest absolute Gasteiger partial charge is 0.489 e. The lowest BCUT2D eigenvalue weighted by Gasteiger charge is -2.08. The minimum Gasteiger partial charge on any atom is -0.489 e. The molecule has 0 aromatic heterocycles. The Bertz CT molecular complexity index is 405. The molecule has 0 heterocycles. The van der Waals surface area contributed by atoms with E-state index in [2.05, 4.69) is 24.1 Å². The molecule has 0 atom stereocenters. The number of anilines is 1. The summed E-state index contributed by atoms with van der Waals surface area (Å²) in [5.41, 5.74) is 0.740. The van der Waals surface area contributed by atoms with Gasteiger partial charge in [-0.15, -0.1) is 0 Å². The Morgan fingerprint density at radius 1 is 1.47 bits per heavy atom. The summed E-state index contributed by atoms with van der Waals surface area (Å²) in [6.45, 7) is 7.37. The molecule has 4 nitrogen and oxygen atoms in total. The third kappa shape index (κ3) is 6.62. The second-order valence-corrected chi connectivity index (χ2v) is 4.21. The number of hydrogen-bond acceptors (Lipinski definition) is 3. The third-order valence-electron chi connectivity index (χ3n) is 2.48. The molecule has 0 saturated carbocycles. The number of nitrogens with one attached hydrogen (secondary N) is 2.